The Balaban J connectivity index is 2.60. The molecule has 0 aliphatic heterocycles. The molecule has 0 aromatic heterocycles. The van der Waals surface area contributed by atoms with Gasteiger partial charge in [0.15, 0.2) is 0 Å². The Bertz CT molecular complexity index is 315. The lowest BCUT2D eigenvalue weighted by molar-refractivity contribution is -0.116. The number of anilines is 1. The summed E-state index contributed by atoms with van der Waals surface area (Å²) in [6, 6.07) is 6.73. The third-order valence-electron chi connectivity index (χ3n) is 1.65. The summed E-state index contributed by atoms with van der Waals surface area (Å²) in [6.45, 7) is 0. The van der Waals surface area contributed by atoms with Gasteiger partial charge in [0, 0.05) is 15.9 Å². The fraction of sp³-hybridized carbons (Fsp3) is 0.222. The van der Waals surface area contributed by atoms with E-state index in [2.05, 4.69) is 33.9 Å². The molecule has 0 aliphatic rings. The van der Waals surface area contributed by atoms with Gasteiger partial charge in [0.1, 0.15) is 0 Å². The SMILES string of the molecule is NC(CS)C(=O)Nc1ccc(Br)cc1. The minimum Gasteiger partial charge on any atom is -0.325 e. The lowest BCUT2D eigenvalue weighted by Gasteiger charge is -2.09. The first kappa shape index (κ1) is 11.6. The minimum absolute atomic E-state index is 0.220. The molecule has 1 amide bonds. The number of carbonyl (C=O) groups excluding carboxylic acids is 1. The van der Waals surface area contributed by atoms with E-state index in [4.69, 9.17) is 5.73 Å². The van der Waals surface area contributed by atoms with Gasteiger partial charge in [-0.2, -0.15) is 12.6 Å². The molecule has 0 saturated carbocycles. The van der Waals surface area contributed by atoms with Gasteiger partial charge in [0.25, 0.3) is 0 Å². The maximum Gasteiger partial charge on any atom is 0.242 e. The van der Waals surface area contributed by atoms with E-state index in [1.54, 1.807) is 12.1 Å². The van der Waals surface area contributed by atoms with E-state index in [1.165, 1.54) is 0 Å². The van der Waals surface area contributed by atoms with Crippen LogP contribution in [0, 0.1) is 0 Å². The van der Waals surface area contributed by atoms with E-state index >= 15 is 0 Å². The molecule has 76 valence electrons. The smallest absolute Gasteiger partial charge is 0.242 e. The van der Waals surface area contributed by atoms with E-state index in [-0.39, 0.29) is 5.91 Å². The zero-order chi connectivity index (χ0) is 10.6. The Labute approximate surface area is 96.6 Å². The molecule has 0 heterocycles. The van der Waals surface area contributed by atoms with Crippen LogP contribution in [0.1, 0.15) is 0 Å². The molecule has 1 unspecified atom stereocenters. The number of amides is 1. The standard InChI is InChI=1S/C9H11BrN2OS/c10-6-1-3-7(4-2-6)12-9(13)8(11)5-14/h1-4,8,14H,5,11H2,(H,12,13). The summed E-state index contributed by atoms with van der Waals surface area (Å²) >= 11 is 7.25. The van der Waals surface area contributed by atoms with Crippen molar-refractivity contribution in [3.05, 3.63) is 28.7 Å². The molecule has 14 heavy (non-hydrogen) atoms. The molecule has 0 aliphatic carbocycles. The van der Waals surface area contributed by atoms with Gasteiger partial charge in [0.2, 0.25) is 5.91 Å². The minimum atomic E-state index is -0.568. The van der Waals surface area contributed by atoms with Crippen LogP contribution in [-0.2, 0) is 4.79 Å². The number of nitrogens with two attached hydrogens (primary N) is 1. The van der Waals surface area contributed by atoms with Crippen LogP contribution in [-0.4, -0.2) is 17.7 Å². The molecule has 0 fully saturated rings. The summed E-state index contributed by atoms with van der Waals surface area (Å²) in [5.74, 6) is 0.116. The van der Waals surface area contributed by atoms with Crippen molar-refractivity contribution in [3.63, 3.8) is 0 Å². The fourth-order valence-corrected chi connectivity index (χ4v) is 1.28. The number of carbonyl (C=O) groups is 1. The summed E-state index contributed by atoms with van der Waals surface area (Å²) < 4.78 is 0.967. The molecule has 3 nitrogen and oxygen atoms in total. The van der Waals surface area contributed by atoms with Gasteiger partial charge in [-0.3, -0.25) is 4.79 Å². The molecule has 0 bridgehead atoms. The van der Waals surface area contributed by atoms with E-state index in [0.29, 0.717) is 5.75 Å². The lowest BCUT2D eigenvalue weighted by atomic mass is 10.3. The maximum absolute atomic E-state index is 11.3. The summed E-state index contributed by atoms with van der Waals surface area (Å²) in [5.41, 5.74) is 6.23. The van der Waals surface area contributed by atoms with Crippen molar-refractivity contribution in [1.29, 1.82) is 0 Å². The van der Waals surface area contributed by atoms with Crippen molar-refractivity contribution in [3.8, 4) is 0 Å². The molecular formula is C9H11BrN2OS. The quantitative estimate of drug-likeness (QED) is 0.735. The van der Waals surface area contributed by atoms with Crippen molar-refractivity contribution in [2.75, 3.05) is 11.1 Å². The van der Waals surface area contributed by atoms with Crippen molar-refractivity contribution in [2.24, 2.45) is 5.73 Å². The second-order valence-electron chi connectivity index (χ2n) is 2.79. The molecule has 5 heteroatoms. The summed E-state index contributed by atoms with van der Waals surface area (Å²) in [7, 11) is 0. The van der Waals surface area contributed by atoms with Crippen molar-refractivity contribution >= 4 is 40.2 Å². The Kier molecular flexibility index (Phi) is 4.44. The van der Waals surface area contributed by atoms with Crippen molar-refractivity contribution in [1.82, 2.24) is 0 Å². The second kappa shape index (κ2) is 5.38. The zero-order valence-corrected chi connectivity index (χ0v) is 9.89. The maximum atomic E-state index is 11.3. The largest absolute Gasteiger partial charge is 0.325 e. The molecule has 1 aromatic rings. The zero-order valence-electron chi connectivity index (χ0n) is 7.40. The number of halogens is 1. The first-order chi connectivity index (χ1) is 6.63. The van der Waals surface area contributed by atoms with Gasteiger partial charge >= 0.3 is 0 Å². The summed E-state index contributed by atoms with van der Waals surface area (Å²) in [5, 5.41) is 2.69. The molecule has 0 spiro atoms. The predicted octanol–water partition coefficient (Wildman–Crippen LogP) is 1.64. The Morgan fingerprint density at radius 3 is 2.57 bits per heavy atom. The van der Waals surface area contributed by atoms with Crippen LogP contribution in [0.2, 0.25) is 0 Å². The average Bonchev–Trinajstić information content (AvgIpc) is 2.20. The number of thiol groups is 1. The first-order valence-electron chi connectivity index (χ1n) is 4.06. The Morgan fingerprint density at radius 2 is 2.07 bits per heavy atom. The van der Waals surface area contributed by atoms with Crippen LogP contribution in [0.25, 0.3) is 0 Å². The van der Waals surface area contributed by atoms with Gasteiger partial charge < -0.3 is 11.1 Å². The predicted molar refractivity (Wildman–Crippen MR) is 64.6 cm³/mol. The van der Waals surface area contributed by atoms with E-state index in [0.717, 1.165) is 10.2 Å². The van der Waals surface area contributed by atoms with E-state index < -0.39 is 6.04 Å². The molecule has 1 atom stereocenters. The monoisotopic (exact) mass is 274 g/mol. The van der Waals surface area contributed by atoms with Crippen LogP contribution in [0.4, 0.5) is 5.69 Å². The number of benzene rings is 1. The number of rotatable bonds is 3. The van der Waals surface area contributed by atoms with Gasteiger partial charge in [-0.1, -0.05) is 15.9 Å². The highest BCUT2D eigenvalue weighted by Gasteiger charge is 2.10. The molecule has 1 rings (SSSR count). The lowest BCUT2D eigenvalue weighted by Crippen LogP contribution is -2.37. The first-order valence-corrected chi connectivity index (χ1v) is 5.49. The van der Waals surface area contributed by atoms with Gasteiger partial charge in [-0.15, -0.1) is 0 Å². The van der Waals surface area contributed by atoms with Crippen LogP contribution >= 0.6 is 28.6 Å². The molecule has 0 radical (unpaired) electrons. The van der Waals surface area contributed by atoms with Gasteiger partial charge in [0.05, 0.1) is 6.04 Å². The highest BCUT2D eigenvalue weighted by atomic mass is 79.9. The number of hydrogen-bond acceptors (Lipinski definition) is 3. The van der Waals surface area contributed by atoms with Crippen LogP contribution in [0.15, 0.2) is 28.7 Å². The highest BCUT2D eigenvalue weighted by Crippen LogP contribution is 2.14. The molecule has 1 aromatic carbocycles. The third-order valence-corrected chi connectivity index (χ3v) is 2.57. The summed E-state index contributed by atoms with van der Waals surface area (Å²) in [4.78, 5) is 11.3. The normalized spacial score (nSPS) is 12.2. The topological polar surface area (TPSA) is 55.1 Å². The van der Waals surface area contributed by atoms with Crippen LogP contribution in [0.3, 0.4) is 0 Å². The Hall–Kier alpha value is -0.520. The van der Waals surface area contributed by atoms with Crippen LogP contribution in [0.5, 0.6) is 0 Å². The highest BCUT2D eigenvalue weighted by molar-refractivity contribution is 9.10. The Morgan fingerprint density at radius 1 is 1.50 bits per heavy atom. The van der Waals surface area contributed by atoms with E-state index in [1.807, 2.05) is 12.1 Å². The van der Waals surface area contributed by atoms with Crippen LogP contribution < -0.4 is 11.1 Å². The second-order valence-corrected chi connectivity index (χ2v) is 4.07. The molecule has 3 N–H and O–H groups in total. The number of hydrogen-bond donors (Lipinski definition) is 3. The molecular weight excluding hydrogens is 264 g/mol. The average molecular weight is 275 g/mol. The third kappa shape index (κ3) is 3.32. The van der Waals surface area contributed by atoms with Crippen molar-refractivity contribution in [2.45, 2.75) is 6.04 Å². The van der Waals surface area contributed by atoms with Gasteiger partial charge in [-0.25, -0.2) is 0 Å². The number of nitrogens with one attached hydrogen (secondary N) is 1. The fourth-order valence-electron chi connectivity index (χ4n) is 0.851. The van der Waals surface area contributed by atoms with Gasteiger partial charge in [-0.05, 0) is 24.3 Å². The van der Waals surface area contributed by atoms with E-state index in [9.17, 15) is 4.79 Å². The van der Waals surface area contributed by atoms with Crippen molar-refractivity contribution < 1.29 is 4.79 Å². The molecule has 0 saturated heterocycles. The summed E-state index contributed by atoms with van der Waals surface area (Å²) in [6.07, 6.45) is 0.